The van der Waals surface area contributed by atoms with Gasteiger partial charge in [0.2, 0.25) is 0 Å². The van der Waals surface area contributed by atoms with E-state index in [9.17, 15) is 8.42 Å². The van der Waals surface area contributed by atoms with Gasteiger partial charge in [-0.1, -0.05) is 26.0 Å². The molecule has 0 aliphatic rings. The van der Waals surface area contributed by atoms with E-state index in [-0.39, 0.29) is 5.41 Å². The van der Waals surface area contributed by atoms with Crippen LogP contribution in [0.4, 0.5) is 5.69 Å². The van der Waals surface area contributed by atoms with Crippen molar-refractivity contribution in [3.8, 4) is 0 Å². The van der Waals surface area contributed by atoms with E-state index in [4.69, 9.17) is 4.74 Å². The molecule has 4 nitrogen and oxygen atoms in total. The maximum Gasteiger partial charge on any atom is 0.177 e. The molecule has 0 bridgehead atoms. The van der Waals surface area contributed by atoms with Gasteiger partial charge in [0.25, 0.3) is 0 Å². The Balaban J connectivity index is 2.79. The first-order valence-corrected chi connectivity index (χ1v) is 8.17. The summed E-state index contributed by atoms with van der Waals surface area (Å²) in [5, 5.41) is 3.23. The summed E-state index contributed by atoms with van der Waals surface area (Å²) < 4.78 is 28.5. The molecular weight excluding hydrogens is 262 g/mol. The summed E-state index contributed by atoms with van der Waals surface area (Å²) in [4.78, 5) is 0.345. The van der Waals surface area contributed by atoms with Crippen molar-refractivity contribution >= 4 is 15.5 Å². The summed E-state index contributed by atoms with van der Waals surface area (Å²) in [5.41, 5.74) is 0.705. The van der Waals surface area contributed by atoms with Crippen molar-refractivity contribution < 1.29 is 13.2 Å². The number of nitrogens with one attached hydrogen (secondary N) is 1. The third-order valence-corrected chi connectivity index (χ3v) is 4.18. The first-order chi connectivity index (χ1) is 8.76. The molecule has 0 heterocycles. The smallest absolute Gasteiger partial charge is 0.177 e. The molecule has 0 aliphatic carbocycles. The number of ether oxygens (including phenoxy) is 1. The lowest BCUT2D eigenvalue weighted by molar-refractivity contribution is 0.157. The molecule has 0 aromatic heterocycles. The van der Waals surface area contributed by atoms with Crippen molar-refractivity contribution in [2.24, 2.45) is 5.41 Å². The van der Waals surface area contributed by atoms with Crippen LogP contribution in [-0.4, -0.2) is 34.9 Å². The zero-order chi connectivity index (χ0) is 14.5. The van der Waals surface area contributed by atoms with E-state index in [0.717, 1.165) is 6.42 Å². The largest absolute Gasteiger partial charge is 0.385 e. The van der Waals surface area contributed by atoms with Crippen LogP contribution in [0.3, 0.4) is 0 Å². The van der Waals surface area contributed by atoms with E-state index in [2.05, 4.69) is 19.2 Å². The first kappa shape index (κ1) is 16.0. The molecule has 0 radical (unpaired) electrons. The number of benzene rings is 1. The molecule has 0 fully saturated rings. The Kier molecular flexibility index (Phi) is 5.38. The van der Waals surface area contributed by atoms with E-state index in [1.165, 1.54) is 6.26 Å². The number of rotatable bonds is 7. The number of sulfone groups is 1. The lowest BCUT2D eigenvalue weighted by atomic mass is 9.89. The fourth-order valence-corrected chi connectivity index (χ4v) is 2.60. The summed E-state index contributed by atoms with van der Waals surface area (Å²) in [6.45, 7) is 5.65. The summed E-state index contributed by atoms with van der Waals surface area (Å²) in [7, 11) is -1.52. The van der Waals surface area contributed by atoms with Gasteiger partial charge in [0, 0.05) is 26.5 Å². The minimum atomic E-state index is -3.21. The second-order valence-electron chi connectivity index (χ2n) is 5.53. The predicted molar refractivity (Wildman–Crippen MR) is 78.3 cm³/mol. The molecule has 0 unspecified atom stereocenters. The topological polar surface area (TPSA) is 55.4 Å². The normalized spacial score (nSPS) is 12.4. The monoisotopic (exact) mass is 285 g/mol. The van der Waals surface area contributed by atoms with Gasteiger partial charge in [0.05, 0.1) is 10.6 Å². The van der Waals surface area contributed by atoms with Crippen molar-refractivity contribution in [2.75, 3.05) is 31.8 Å². The predicted octanol–water partition coefficient (Wildman–Crippen LogP) is 2.56. The molecule has 1 aromatic carbocycles. The molecular formula is C14H23NO3S. The third kappa shape index (κ3) is 5.20. The Bertz CT molecular complexity index is 509. The van der Waals surface area contributed by atoms with Gasteiger partial charge >= 0.3 is 0 Å². The van der Waals surface area contributed by atoms with Crippen molar-refractivity contribution in [1.29, 1.82) is 0 Å². The second kappa shape index (κ2) is 6.39. The van der Waals surface area contributed by atoms with Gasteiger partial charge in [-0.15, -0.1) is 0 Å². The maximum absolute atomic E-state index is 11.7. The molecule has 5 heteroatoms. The fraction of sp³-hybridized carbons (Fsp3) is 0.571. The van der Waals surface area contributed by atoms with E-state index in [1.807, 2.05) is 6.07 Å². The van der Waals surface area contributed by atoms with Crippen LogP contribution in [0, 0.1) is 5.41 Å². The summed E-state index contributed by atoms with van der Waals surface area (Å²) in [6.07, 6.45) is 2.14. The van der Waals surface area contributed by atoms with Gasteiger partial charge < -0.3 is 10.1 Å². The van der Waals surface area contributed by atoms with Gasteiger partial charge in [0.15, 0.2) is 9.84 Å². The third-order valence-electron chi connectivity index (χ3n) is 3.03. The van der Waals surface area contributed by atoms with Crippen molar-refractivity contribution in [1.82, 2.24) is 0 Å². The van der Waals surface area contributed by atoms with Crippen LogP contribution in [0.1, 0.15) is 20.3 Å². The number of methoxy groups -OCH3 is 1. The van der Waals surface area contributed by atoms with Gasteiger partial charge in [-0.3, -0.25) is 0 Å². The zero-order valence-electron chi connectivity index (χ0n) is 12.1. The highest BCUT2D eigenvalue weighted by Crippen LogP contribution is 2.25. The minimum Gasteiger partial charge on any atom is -0.385 e. The number of para-hydroxylation sites is 1. The van der Waals surface area contributed by atoms with Crippen molar-refractivity contribution in [2.45, 2.75) is 25.2 Å². The lowest BCUT2D eigenvalue weighted by Gasteiger charge is -2.25. The molecule has 0 amide bonds. The molecule has 108 valence electrons. The van der Waals surface area contributed by atoms with E-state index < -0.39 is 9.84 Å². The van der Waals surface area contributed by atoms with Crippen LogP contribution >= 0.6 is 0 Å². The van der Waals surface area contributed by atoms with Crippen LogP contribution in [-0.2, 0) is 14.6 Å². The molecule has 1 rings (SSSR count). The van der Waals surface area contributed by atoms with E-state index in [1.54, 1.807) is 25.3 Å². The maximum atomic E-state index is 11.7. The summed E-state index contributed by atoms with van der Waals surface area (Å²) in [5.74, 6) is 0. The van der Waals surface area contributed by atoms with Gasteiger partial charge in [-0.25, -0.2) is 8.42 Å². The van der Waals surface area contributed by atoms with Gasteiger partial charge in [-0.05, 0) is 24.0 Å². The number of hydrogen-bond donors (Lipinski definition) is 1. The Hall–Kier alpha value is -1.07. The number of hydrogen-bond acceptors (Lipinski definition) is 4. The summed E-state index contributed by atoms with van der Waals surface area (Å²) in [6, 6.07) is 6.99. The molecule has 1 aromatic rings. The quantitative estimate of drug-likeness (QED) is 0.836. The van der Waals surface area contributed by atoms with Crippen molar-refractivity contribution in [3.05, 3.63) is 24.3 Å². The molecule has 0 atom stereocenters. The van der Waals surface area contributed by atoms with Gasteiger partial charge in [0.1, 0.15) is 0 Å². The summed E-state index contributed by atoms with van der Waals surface area (Å²) >= 11 is 0. The van der Waals surface area contributed by atoms with Crippen LogP contribution in [0.5, 0.6) is 0 Å². The van der Waals surface area contributed by atoms with Crippen molar-refractivity contribution in [3.63, 3.8) is 0 Å². The van der Waals surface area contributed by atoms with Crippen LogP contribution < -0.4 is 5.32 Å². The highest BCUT2D eigenvalue weighted by atomic mass is 32.2. The Labute approximate surface area is 116 Å². The molecule has 1 N–H and O–H groups in total. The Morgan fingerprint density at radius 2 is 1.89 bits per heavy atom. The first-order valence-electron chi connectivity index (χ1n) is 6.28. The molecule has 0 aliphatic heterocycles. The second-order valence-corrected chi connectivity index (χ2v) is 7.51. The van der Waals surface area contributed by atoms with Crippen LogP contribution in [0.25, 0.3) is 0 Å². The van der Waals surface area contributed by atoms with Crippen LogP contribution in [0.2, 0.25) is 0 Å². The molecule has 0 saturated heterocycles. The fourth-order valence-electron chi connectivity index (χ4n) is 1.74. The molecule has 0 saturated carbocycles. The minimum absolute atomic E-state index is 0.0423. The highest BCUT2D eigenvalue weighted by molar-refractivity contribution is 7.90. The van der Waals surface area contributed by atoms with Crippen LogP contribution in [0.15, 0.2) is 29.2 Å². The Morgan fingerprint density at radius 1 is 1.26 bits per heavy atom. The number of anilines is 1. The molecule has 0 spiro atoms. The highest BCUT2D eigenvalue weighted by Gasteiger charge is 2.19. The SMILES string of the molecule is COCCC(C)(C)CNc1ccccc1S(C)(=O)=O. The standard InChI is InChI=1S/C14H23NO3S/c1-14(2,9-10-18-3)11-15-12-7-5-6-8-13(12)19(4,16)17/h5-8,15H,9-11H2,1-4H3. The molecule has 19 heavy (non-hydrogen) atoms. The Morgan fingerprint density at radius 3 is 2.47 bits per heavy atom. The van der Waals surface area contributed by atoms with Gasteiger partial charge in [-0.2, -0.15) is 0 Å². The van der Waals surface area contributed by atoms with E-state index in [0.29, 0.717) is 23.7 Å². The lowest BCUT2D eigenvalue weighted by Crippen LogP contribution is -2.25. The average Bonchev–Trinajstić information content (AvgIpc) is 2.33. The average molecular weight is 285 g/mol. The van der Waals surface area contributed by atoms with E-state index >= 15 is 0 Å². The zero-order valence-corrected chi connectivity index (χ0v) is 12.9.